The highest BCUT2D eigenvalue weighted by molar-refractivity contribution is 9.10. The molecule has 0 spiro atoms. The van der Waals surface area contributed by atoms with E-state index in [0.717, 1.165) is 42.9 Å². The van der Waals surface area contributed by atoms with Crippen LogP contribution in [0.15, 0.2) is 22.8 Å². The zero-order chi connectivity index (χ0) is 14.5. The van der Waals surface area contributed by atoms with Crippen LogP contribution in [0.5, 0.6) is 0 Å². The summed E-state index contributed by atoms with van der Waals surface area (Å²) in [5, 5.41) is 0. The van der Waals surface area contributed by atoms with Crippen LogP contribution < -0.4 is 0 Å². The molecule has 1 aliphatic rings. The number of halogens is 1. The molecule has 1 amide bonds. The molecular weight excluding hydrogens is 322 g/mol. The number of hydrogen-bond acceptors (Lipinski definition) is 4. The Morgan fingerprint density at radius 1 is 1.40 bits per heavy atom. The molecule has 1 fully saturated rings. The minimum absolute atomic E-state index is 0.0777. The smallest absolute Gasteiger partial charge is 0.251 e. The van der Waals surface area contributed by atoms with Crippen molar-refractivity contribution >= 4 is 21.8 Å². The second-order valence-electron chi connectivity index (χ2n) is 4.95. The standard InChI is InChI=1S/C14H20BrN3O2/c1-11(20-2)14(19)18-7-5-17(6-8-18)10-13-4-3-12(15)9-16-13/h3-4,9,11H,5-8,10H2,1-2H3/t11-/m1/s1. The molecule has 20 heavy (non-hydrogen) atoms. The van der Waals surface area contributed by atoms with Gasteiger partial charge in [0, 0.05) is 50.5 Å². The largest absolute Gasteiger partial charge is 0.372 e. The van der Waals surface area contributed by atoms with E-state index in [1.807, 2.05) is 23.2 Å². The summed E-state index contributed by atoms with van der Waals surface area (Å²) in [6.45, 7) is 5.88. The number of piperazine rings is 1. The highest BCUT2D eigenvalue weighted by atomic mass is 79.9. The third kappa shape index (κ3) is 4.01. The first-order valence-corrected chi connectivity index (χ1v) is 7.54. The number of carbonyl (C=O) groups is 1. The van der Waals surface area contributed by atoms with Crippen LogP contribution in [-0.2, 0) is 16.1 Å². The predicted molar refractivity (Wildman–Crippen MR) is 80.3 cm³/mol. The second kappa shape index (κ2) is 7.15. The molecule has 1 aromatic rings. The van der Waals surface area contributed by atoms with Crippen LogP contribution in [0, 0.1) is 0 Å². The Labute approximate surface area is 128 Å². The molecule has 1 atom stereocenters. The summed E-state index contributed by atoms with van der Waals surface area (Å²) in [4.78, 5) is 20.6. The van der Waals surface area contributed by atoms with Crippen molar-refractivity contribution in [2.45, 2.75) is 19.6 Å². The van der Waals surface area contributed by atoms with Gasteiger partial charge in [0.1, 0.15) is 6.10 Å². The number of aromatic nitrogens is 1. The predicted octanol–water partition coefficient (Wildman–Crippen LogP) is 1.52. The van der Waals surface area contributed by atoms with Crippen molar-refractivity contribution in [2.75, 3.05) is 33.3 Å². The number of nitrogens with zero attached hydrogens (tertiary/aromatic N) is 3. The van der Waals surface area contributed by atoms with Crippen molar-refractivity contribution in [2.24, 2.45) is 0 Å². The Morgan fingerprint density at radius 3 is 2.65 bits per heavy atom. The maximum Gasteiger partial charge on any atom is 0.251 e. The molecule has 0 radical (unpaired) electrons. The summed E-state index contributed by atoms with van der Waals surface area (Å²) in [5.41, 5.74) is 1.05. The molecule has 0 bridgehead atoms. The second-order valence-corrected chi connectivity index (χ2v) is 5.86. The third-order valence-electron chi connectivity index (χ3n) is 3.56. The average Bonchev–Trinajstić information content (AvgIpc) is 2.49. The Morgan fingerprint density at radius 2 is 2.10 bits per heavy atom. The van der Waals surface area contributed by atoms with Crippen molar-refractivity contribution < 1.29 is 9.53 Å². The highest BCUT2D eigenvalue weighted by Crippen LogP contribution is 2.11. The van der Waals surface area contributed by atoms with E-state index in [1.54, 1.807) is 14.0 Å². The van der Waals surface area contributed by atoms with Gasteiger partial charge >= 0.3 is 0 Å². The van der Waals surface area contributed by atoms with Gasteiger partial charge in [-0.2, -0.15) is 0 Å². The van der Waals surface area contributed by atoms with Gasteiger partial charge in [-0.1, -0.05) is 0 Å². The molecule has 1 aliphatic heterocycles. The van der Waals surface area contributed by atoms with Gasteiger partial charge < -0.3 is 9.64 Å². The minimum atomic E-state index is -0.352. The third-order valence-corrected chi connectivity index (χ3v) is 4.03. The lowest BCUT2D eigenvalue weighted by Gasteiger charge is -2.35. The van der Waals surface area contributed by atoms with Gasteiger partial charge in [0.2, 0.25) is 0 Å². The first-order valence-electron chi connectivity index (χ1n) is 6.74. The number of amides is 1. The molecule has 0 aromatic carbocycles. The maximum atomic E-state index is 12.0. The quantitative estimate of drug-likeness (QED) is 0.833. The Kier molecular flexibility index (Phi) is 5.51. The van der Waals surface area contributed by atoms with Crippen LogP contribution in [0.1, 0.15) is 12.6 Å². The fourth-order valence-electron chi connectivity index (χ4n) is 2.21. The van der Waals surface area contributed by atoms with Crippen molar-refractivity contribution in [3.8, 4) is 0 Å². The van der Waals surface area contributed by atoms with Gasteiger partial charge in [0.05, 0.1) is 5.69 Å². The summed E-state index contributed by atoms with van der Waals surface area (Å²) in [5.74, 6) is 0.0777. The van der Waals surface area contributed by atoms with Gasteiger partial charge in [0.25, 0.3) is 5.91 Å². The lowest BCUT2D eigenvalue weighted by molar-refractivity contribution is -0.142. The Balaban J connectivity index is 1.82. The number of hydrogen-bond donors (Lipinski definition) is 0. The van der Waals surface area contributed by atoms with Crippen molar-refractivity contribution in [3.05, 3.63) is 28.5 Å². The van der Waals surface area contributed by atoms with E-state index in [4.69, 9.17) is 4.74 Å². The summed E-state index contributed by atoms with van der Waals surface area (Å²) in [6, 6.07) is 4.02. The Bertz CT molecular complexity index is 444. The van der Waals surface area contributed by atoms with Gasteiger partial charge in [-0.05, 0) is 35.0 Å². The van der Waals surface area contributed by atoms with E-state index in [1.165, 1.54) is 0 Å². The highest BCUT2D eigenvalue weighted by Gasteiger charge is 2.24. The molecule has 0 N–H and O–H groups in total. The zero-order valence-corrected chi connectivity index (χ0v) is 13.5. The van der Waals surface area contributed by atoms with E-state index in [0.29, 0.717) is 0 Å². The zero-order valence-electron chi connectivity index (χ0n) is 11.9. The van der Waals surface area contributed by atoms with Gasteiger partial charge in [-0.15, -0.1) is 0 Å². The summed E-state index contributed by atoms with van der Waals surface area (Å²) < 4.78 is 6.07. The fourth-order valence-corrected chi connectivity index (χ4v) is 2.45. The fraction of sp³-hybridized carbons (Fsp3) is 0.571. The van der Waals surface area contributed by atoms with Gasteiger partial charge in [-0.25, -0.2) is 0 Å². The summed E-state index contributed by atoms with van der Waals surface area (Å²) >= 11 is 3.38. The molecular formula is C14H20BrN3O2. The number of carbonyl (C=O) groups excluding carboxylic acids is 1. The van der Waals surface area contributed by atoms with Crippen LogP contribution in [-0.4, -0.2) is 60.1 Å². The molecule has 2 heterocycles. The Hall–Kier alpha value is -0.980. The number of ether oxygens (including phenoxy) is 1. The molecule has 0 aliphatic carbocycles. The van der Waals surface area contributed by atoms with Crippen molar-refractivity contribution in [3.63, 3.8) is 0 Å². The van der Waals surface area contributed by atoms with Crippen molar-refractivity contribution in [1.29, 1.82) is 0 Å². The van der Waals surface area contributed by atoms with E-state index in [9.17, 15) is 4.79 Å². The summed E-state index contributed by atoms with van der Waals surface area (Å²) in [6.07, 6.45) is 1.46. The maximum absolute atomic E-state index is 12.0. The monoisotopic (exact) mass is 341 g/mol. The van der Waals surface area contributed by atoms with Crippen molar-refractivity contribution in [1.82, 2.24) is 14.8 Å². The van der Waals surface area contributed by atoms with E-state index >= 15 is 0 Å². The number of rotatable bonds is 4. The normalized spacial score (nSPS) is 18.1. The molecule has 2 rings (SSSR count). The van der Waals surface area contributed by atoms with Gasteiger partial charge in [0.15, 0.2) is 0 Å². The van der Waals surface area contributed by atoms with E-state index < -0.39 is 0 Å². The first-order chi connectivity index (χ1) is 9.60. The molecule has 6 heteroatoms. The summed E-state index contributed by atoms with van der Waals surface area (Å²) in [7, 11) is 1.57. The average molecular weight is 342 g/mol. The number of pyridine rings is 1. The van der Waals surface area contributed by atoms with Crippen LogP contribution in [0.4, 0.5) is 0 Å². The molecule has 1 aromatic heterocycles. The minimum Gasteiger partial charge on any atom is -0.372 e. The number of methoxy groups -OCH3 is 1. The van der Waals surface area contributed by atoms with Crippen LogP contribution in [0.2, 0.25) is 0 Å². The lowest BCUT2D eigenvalue weighted by atomic mass is 10.2. The molecule has 110 valence electrons. The van der Waals surface area contributed by atoms with Crippen LogP contribution >= 0.6 is 15.9 Å². The van der Waals surface area contributed by atoms with Crippen LogP contribution in [0.25, 0.3) is 0 Å². The van der Waals surface area contributed by atoms with E-state index in [2.05, 4.69) is 25.8 Å². The molecule has 0 unspecified atom stereocenters. The SMILES string of the molecule is CO[C@H](C)C(=O)N1CCN(Cc2ccc(Br)cn2)CC1. The lowest BCUT2D eigenvalue weighted by Crippen LogP contribution is -2.51. The molecule has 0 saturated carbocycles. The van der Waals surface area contributed by atoms with E-state index in [-0.39, 0.29) is 12.0 Å². The molecule has 5 nitrogen and oxygen atoms in total. The topological polar surface area (TPSA) is 45.7 Å². The first kappa shape index (κ1) is 15.4. The van der Waals surface area contributed by atoms with Crippen LogP contribution in [0.3, 0.4) is 0 Å². The molecule has 1 saturated heterocycles. The van der Waals surface area contributed by atoms with Gasteiger partial charge in [-0.3, -0.25) is 14.7 Å².